The first kappa shape index (κ1) is 20.6. The van der Waals surface area contributed by atoms with Gasteiger partial charge >= 0.3 is 11.9 Å². The summed E-state index contributed by atoms with van der Waals surface area (Å²) >= 11 is 0. The first-order chi connectivity index (χ1) is 12.3. The Hall–Kier alpha value is -1.68. The second-order valence-electron chi connectivity index (χ2n) is 6.29. The molecule has 0 aromatic carbocycles. The smallest absolute Gasteiger partial charge is 0.334 e. The highest BCUT2D eigenvalue weighted by Gasteiger charge is 2.51. The van der Waals surface area contributed by atoms with Crippen LogP contribution in [0, 0.1) is 0 Å². The van der Waals surface area contributed by atoms with E-state index in [0.717, 1.165) is 6.08 Å². The van der Waals surface area contributed by atoms with Gasteiger partial charge in [0.25, 0.3) is 0 Å². The van der Waals surface area contributed by atoms with Gasteiger partial charge in [-0.05, 0) is 27.7 Å². The minimum Gasteiger partial charge on any atom is -0.466 e. The second kappa shape index (κ2) is 8.81. The van der Waals surface area contributed by atoms with E-state index in [4.69, 9.17) is 28.4 Å². The summed E-state index contributed by atoms with van der Waals surface area (Å²) in [4.78, 5) is 23.4. The van der Waals surface area contributed by atoms with Crippen molar-refractivity contribution in [3.05, 3.63) is 11.8 Å². The highest BCUT2D eigenvalue weighted by Crippen LogP contribution is 2.35. The number of aliphatic hydroxyl groups excluding tert-OH is 1. The molecule has 0 amide bonds. The zero-order chi connectivity index (χ0) is 19.3. The lowest BCUT2D eigenvalue weighted by molar-refractivity contribution is -0.238. The summed E-state index contributed by atoms with van der Waals surface area (Å²) in [5, 5.41) is 10.5. The van der Waals surface area contributed by atoms with Crippen LogP contribution < -0.4 is 0 Å². The Morgan fingerprint density at radius 2 is 1.88 bits per heavy atom. The van der Waals surface area contributed by atoms with Crippen molar-refractivity contribution in [1.29, 1.82) is 0 Å². The lowest BCUT2D eigenvalue weighted by Crippen LogP contribution is -2.52. The third-order valence-electron chi connectivity index (χ3n) is 3.72. The Kier molecular flexibility index (Phi) is 6.99. The predicted octanol–water partition coefficient (Wildman–Crippen LogP) is 0.640. The highest BCUT2D eigenvalue weighted by atomic mass is 16.8. The largest absolute Gasteiger partial charge is 0.466 e. The van der Waals surface area contributed by atoms with Crippen molar-refractivity contribution in [2.24, 2.45) is 0 Å². The maximum Gasteiger partial charge on any atom is 0.334 e. The predicted molar refractivity (Wildman–Crippen MR) is 86.6 cm³/mol. The quantitative estimate of drug-likeness (QED) is 0.390. The molecule has 1 N–H and O–H groups in total. The Labute approximate surface area is 152 Å². The van der Waals surface area contributed by atoms with Crippen molar-refractivity contribution in [3.63, 3.8) is 0 Å². The van der Waals surface area contributed by atoms with Gasteiger partial charge in [0.05, 0.1) is 25.9 Å². The maximum absolute atomic E-state index is 11.7. The molecule has 26 heavy (non-hydrogen) atoms. The summed E-state index contributed by atoms with van der Waals surface area (Å²) in [5.74, 6) is -2.12. The van der Waals surface area contributed by atoms with Gasteiger partial charge in [0.2, 0.25) is 6.29 Å². The van der Waals surface area contributed by atoms with Gasteiger partial charge in [-0.15, -0.1) is 0 Å². The van der Waals surface area contributed by atoms with E-state index < -0.39 is 42.3 Å². The molecule has 4 atom stereocenters. The van der Waals surface area contributed by atoms with Crippen LogP contribution in [0.3, 0.4) is 0 Å². The first-order valence-electron chi connectivity index (χ1n) is 8.60. The summed E-state index contributed by atoms with van der Waals surface area (Å²) in [6, 6.07) is 0. The average molecular weight is 374 g/mol. The lowest BCUT2D eigenvalue weighted by Gasteiger charge is -2.34. The van der Waals surface area contributed by atoms with Crippen LogP contribution in [0.5, 0.6) is 0 Å². The highest BCUT2D eigenvalue weighted by molar-refractivity contribution is 5.84. The molecule has 2 aliphatic rings. The summed E-state index contributed by atoms with van der Waals surface area (Å²) in [6.07, 6.45) is -2.61. The molecule has 9 heteroatoms. The van der Waals surface area contributed by atoms with Crippen LogP contribution in [-0.2, 0) is 38.0 Å². The van der Waals surface area contributed by atoms with E-state index in [-0.39, 0.29) is 32.0 Å². The fourth-order valence-electron chi connectivity index (χ4n) is 2.77. The summed E-state index contributed by atoms with van der Waals surface area (Å²) in [7, 11) is 0. The van der Waals surface area contributed by atoms with Crippen LogP contribution in [0.2, 0.25) is 0 Å². The fourth-order valence-corrected chi connectivity index (χ4v) is 2.77. The molecular weight excluding hydrogens is 348 g/mol. The molecular formula is C17H26O9. The molecule has 0 radical (unpaired) electrons. The van der Waals surface area contributed by atoms with E-state index in [0.29, 0.717) is 0 Å². The standard InChI is InChI=1S/C17H26O9/c1-5-21-12(18)7-10(8-13(19)22-6-2)24-16-14(20)15-11(9-23-16)25-17(3,4)26-15/h7,11,14-16,20H,5-6,8-9H2,1-4H3/b10-7-/t11-,14+,15-,16-/m0/s1. The number of rotatable bonds is 7. The van der Waals surface area contributed by atoms with Crippen molar-refractivity contribution < 1.29 is 43.1 Å². The number of carbonyl (C=O) groups excluding carboxylic acids is 2. The number of ether oxygens (including phenoxy) is 6. The molecule has 0 aromatic rings. The lowest BCUT2D eigenvalue weighted by atomic mass is 10.1. The monoisotopic (exact) mass is 374 g/mol. The minimum absolute atomic E-state index is 0.0254. The van der Waals surface area contributed by atoms with Gasteiger partial charge < -0.3 is 33.5 Å². The molecule has 0 aliphatic carbocycles. The van der Waals surface area contributed by atoms with Crippen LogP contribution >= 0.6 is 0 Å². The van der Waals surface area contributed by atoms with Crippen LogP contribution in [0.15, 0.2) is 11.8 Å². The molecule has 2 rings (SSSR count). The molecule has 9 nitrogen and oxygen atoms in total. The fraction of sp³-hybridized carbons (Fsp3) is 0.765. The van der Waals surface area contributed by atoms with Crippen molar-refractivity contribution in [2.45, 2.75) is 64.5 Å². The number of hydrogen-bond acceptors (Lipinski definition) is 9. The van der Waals surface area contributed by atoms with Crippen molar-refractivity contribution >= 4 is 11.9 Å². The van der Waals surface area contributed by atoms with Gasteiger partial charge in [-0.1, -0.05) is 0 Å². The van der Waals surface area contributed by atoms with Gasteiger partial charge in [0, 0.05) is 0 Å². The summed E-state index contributed by atoms with van der Waals surface area (Å²) < 4.78 is 32.1. The van der Waals surface area contributed by atoms with Gasteiger partial charge in [-0.25, -0.2) is 4.79 Å². The Morgan fingerprint density at radius 3 is 2.54 bits per heavy atom. The van der Waals surface area contributed by atoms with Gasteiger partial charge in [0.15, 0.2) is 5.79 Å². The van der Waals surface area contributed by atoms with Crippen LogP contribution in [0.1, 0.15) is 34.1 Å². The van der Waals surface area contributed by atoms with Crippen molar-refractivity contribution in [3.8, 4) is 0 Å². The van der Waals surface area contributed by atoms with E-state index in [1.54, 1.807) is 27.7 Å². The Morgan fingerprint density at radius 1 is 1.19 bits per heavy atom. The summed E-state index contributed by atoms with van der Waals surface area (Å²) in [6.45, 7) is 7.31. The normalized spacial score (nSPS) is 30.4. The molecule has 0 unspecified atom stereocenters. The third kappa shape index (κ3) is 5.41. The van der Waals surface area contributed by atoms with Crippen molar-refractivity contribution in [2.75, 3.05) is 19.8 Å². The molecule has 2 fully saturated rings. The minimum atomic E-state index is -1.16. The molecule has 0 aromatic heterocycles. The SMILES string of the molecule is CCOC(=O)/C=C(/CC(=O)OCC)O[C@@H]1OC[C@@H]2OC(C)(C)O[C@@H]2[C@H]1O. The maximum atomic E-state index is 11.7. The number of hydrogen-bond donors (Lipinski definition) is 1. The van der Waals surface area contributed by atoms with Gasteiger partial charge in [-0.2, -0.15) is 0 Å². The van der Waals surface area contributed by atoms with E-state index in [2.05, 4.69) is 0 Å². The third-order valence-corrected chi connectivity index (χ3v) is 3.72. The van der Waals surface area contributed by atoms with E-state index >= 15 is 0 Å². The molecule has 0 saturated carbocycles. The topological polar surface area (TPSA) is 110 Å². The Balaban J connectivity index is 2.07. The molecule has 2 saturated heterocycles. The van der Waals surface area contributed by atoms with E-state index in [1.807, 2.05) is 0 Å². The van der Waals surface area contributed by atoms with Crippen LogP contribution in [0.4, 0.5) is 0 Å². The summed E-state index contributed by atoms with van der Waals surface area (Å²) in [5.41, 5.74) is 0. The number of fused-ring (bicyclic) bond motifs is 1. The van der Waals surface area contributed by atoms with E-state index in [9.17, 15) is 14.7 Å². The van der Waals surface area contributed by atoms with E-state index in [1.165, 1.54) is 0 Å². The van der Waals surface area contributed by atoms with Gasteiger partial charge in [-0.3, -0.25) is 4.79 Å². The van der Waals surface area contributed by atoms with Crippen LogP contribution in [0.25, 0.3) is 0 Å². The molecule has 148 valence electrons. The molecule has 0 spiro atoms. The molecule has 2 aliphatic heterocycles. The second-order valence-corrected chi connectivity index (χ2v) is 6.29. The molecule has 2 heterocycles. The van der Waals surface area contributed by atoms with Gasteiger partial charge in [0.1, 0.15) is 30.5 Å². The Bertz CT molecular complexity index is 542. The van der Waals surface area contributed by atoms with Crippen LogP contribution in [-0.4, -0.2) is 67.3 Å². The number of aliphatic hydroxyl groups is 1. The number of carbonyl (C=O) groups is 2. The average Bonchev–Trinajstić information content (AvgIpc) is 2.85. The van der Waals surface area contributed by atoms with Crippen molar-refractivity contribution in [1.82, 2.24) is 0 Å². The first-order valence-corrected chi connectivity index (χ1v) is 8.60. The number of esters is 2. The molecule has 0 bridgehead atoms. The zero-order valence-corrected chi connectivity index (χ0v) is 15.4. The zero-order valence-electron chi connectivity index (χ0n) is 15.4.